The topological polar surface area (TPSA) is 75.8 Å². The number of aliphatic hydroxyl groups excluding tert-OH is 1. The van der Waals surface area contributed by atoms with Gasteiger partial charge in [-0.2, -0.15) is 0 Å². The van der Waals surface area contributed by atoms with Gasteiger partial charge in [0.1, 0.15) is 0 Å². The lowest BCUT2D eigenvalue weighted by Gasteiger charge is -2.22. The van der Waals surface area contributed by atoms with E-state index in [9.17, 15) is 9.90 Å². The molecule has 108 valence electrons. The first-order chi connectivity index (χ1) is 9.60. The van der Waals surface area contributed by atoms with E-state index >= 15 is 0 Å². The standard InChI is InChI=1S/C15H20N2O3/c1-20-15(19)9-2-4-13(12(16)6-9)17-7-10-3-5-14(18)11(10)8-17/h2,4,6,10-11,14,18H,3,5,7-8,16H2,1H3. The van der Waals surface area contributed by atoms with Crippen LogP contribution in [-0.4, -0.2) is 37.4 Å². The molecule has 3 rings (SSSR count). The van der Waals surface area contributed by atoms with Crippen LogP contribution >= 0.6 is 0 Å². The Hall–Kier alpha value is -1.75. The van der Waals surface area contributed by atoms with Gasteiger partial charge in [0, 0.05) is 19.0 Å². The largest absolute Gasteiger partial charge is 0.465 e. The number of fused-ring (bicyclic) bond motifs is 1. The number of carbonyl (C=O) groups is 1. The van der Waals surface area contributed by atoms with Gasteiger partial charge in [-0.3, -0.25) is 0 Å². The van der Waals surface area contributed by atoms with Gasteiger partial charge in [0.2, 0.25) is 0 Å². The number of carbonyl (C=O) groups excluding carboxylic acids is 1. The minimum atomic E-state index is -0.378. The first-order valence-electron chi connectivity index (χ1n) is 7.01. The van der Waals surface area contributed by atoms with Gasteiger partial charge in [-0.05, 0) is 37.0 Å². The predicted octanol–water partition coefficient (Wildman–Crippen LogP) is 1.26. The lowest BCUT2D eigenvalue weighted by molar-refractivity contribution is 0.0601. The molecule has 0 spiro atoms. The van der Waals surface area contributed by atoms with E-state index in [1.807, 2.05) is 6.07 Å². The second-order valence-electron chi connectivity index (χ2n) is 5.74. The van der Waals surface area contributed by atoms with Crippen LogP contribution in [0, 0.1) is 11.8 Å². The Morgan fingerprint density at radius 1 is 1.40 bits per heavy atom. The molecule has 3 N–H and O–H groups in total. The van der Waals surface area contributed by atoms with Crippen molar-refractivity contribution in [1.82, 2.24) is 0 Å². The zero-order valence-electron chi connectivity index (χ0n) is 11.6. The molecule has 2 fully saturated rings. The molecule has 20 heavy (non-hydrogen) atoms. The molecule has 1 saturated heterocycles. The molecule has 2 aliphatic rings. The molecule has 1 saturated carbocycles. The van der Waals surface area contributed by atoms with Crippen LogP contribution < -0.4 is 10.6 Å². The fourth-order valence-electron chi connectivity index (χ4n) is 3.52. The van der Waals surface area contributed by atoms with Gasteiger partial charge in [0.15, 0.2) is 0 Å². The summed E-state index contributed by atoms with van der Waals surface area (Å²) in [4.78, 5) is 13.7. The number of benzene rings is 1. The van der Waals surface area contributed by atoms with Crippen LogP contribution in [0.1, 0.15) is 23.2 Å². The molecule has 5 nitrogen and oxygen atoms in total. The van der Waals surface area contributed by atoms with Crippen LogP contribution in [0.5, 0.6) is 0 Å². The molecular formula is C15H20N2O3. The third-order valence-electron chi connectivity index (χ3n) is 4.61. The lowest BCUT2D eigenvalue weighted by Crippen LogP contribution is -2.25. The van der Waals surface area contributed by atoms with E-state index in [0.717, 1.165) is 31.6 Å². The van der Waals surface area contributed by atoms with E-state index in [-0.39, 0.29) is 12.1 Å². The quantitative estimate of drug-likeness (QED) is 0.628. The fraction of sp³-hybridized carbons (Fsp3) is 0.533. The second kappa shape index (κ2) is 4.98. The Labute approximate surface area is 118 Å². The summed E-state index contributed by atoms with van der Waals surface area (Å²) in [6, 6.07) is 5.27. The number of nitrogen functional groups attached to an aromatic ring is 1. The number of aliphatic hydroxyl groups is 1. The van der Waals surface area contributed by atoms with Crippen molar-refractivity contribution in [2.24, 2.45) is 11.8 Å². The molecule has 0 aromatic heterocycles. The average molecular weight is 276 g/mol. The van der Waals surface area contributed by atoms with Gasteiger partial charge in [0.05, 0.1) is 30.2 Å². The third kappa shape index (κ3) is 2.12. The van der Waals surface area contributed by atoms with E-state index < -0.39 is 0 Å². The molecule has 1 aromatic rings. The minimum absolute atomic E-state index is 0.180. The van der Waals surface area contributed by atoms with Crippen LogP contribution in [0.2, 0.25) is 0 Å². The number of ether oxygens (including phenoxy) is 1. The maximum atomic E-state index is 11.5. The summed E-state index contributed by atoms with van der Waals surface area (Å²) in [6.45, 7) is 1.77. The van der Waals surface area contributed by atoms with Crippen molar-refractivity contribution in [2.75, 3.05) is 30.8 Å². The first kappa shape index (κ1) is 13.2. The molecule has 1 aromatic carbocycles. The minimum Gasteiger partial charge on any atom is -0.465 e. The van der Waals surface area contributed by atoms with E-state index in [0.29, 0.717) is 23.1 Å². The van der Waals surface area contributed by atoms with Gasteiger partial charge in [-0.25, -0.2) is 4.79 Å². The van der Waals surface area contributed by atoms with E-state index in [1.54, 1.807) is 12.1 Å². The SMILES string of the molecule is COC(=O)c1ccc(N2CC3CCC(O)C3C2)c(N)c1. The van der Waals surface area contributed by atoms with Gasteiger partial charge in [-0.15, -0.1) is 0 Å². The smallest absolute Gasteiger partial charge is 0.337 e. The Bertz CT molecular complexity index is 532. The summed E-state index contributed by atoms with van der Waals surface area (Å²) in [6.07, 6.45) is 1.82. The second-order valence-corrected chi connectivity index (χ2v) is 5.74. The molecular weight excluding hydrogens is 256 g/mol. The fourth-order valence-corrected chi connectivity index (χ4v) is 3.52. The highest BCUT2D eigenvalue weighted by Gasteiger charge is 2.42. The molecule has 1 heterocycles. The van der Waals surface area contributed by atoms with Crippen LogP contribution in [0.15, 0.2) is 18.2 Å². The Morgan fingerprint density at radius 3 is 2.85 bits per heavy atom. The van der Waals surface area contributed by atoms with Crippen molar-refractivity contribution in [2.45, 2.75) is 18.9 Å². The number of anilines is 2. The third-order valence-corrected chi connectivity index (χ3v) is 4.61. The Balaban J connectivity index is 1.80. The van der Waals surface area contributed by atoms with Crippen LogP contribution in [0.4, 0.5) is 11.4 Å². The molecule has 0 bridgehead atoms. The number of methoxy groups -OCH3 is 1. The highest BCUT2D eigenvalue weighted by atomic mass is 16.5. The number of nitrogens with two attached hydrogens (primary N) is 1. The summed E-state index contributed by atoms with van der Waals surface area (Å²) in [7, 11) is 1.36. The van der Waals surface area contributed by atoms with Gasteiger partial charge in [0.25, 0.3) is 0 Å². The zero-order valence-corrected chi connectivity index (χ0v) is 11.6. The van der Waals surface area contributed by atoms with Crippen LogP contribution in [0.25, 0.3) is 0 Å². The van der Waals surface area contributed by atoms with Crippen molar-refractivity contribution in [3.05, 3.63) is 23.8 Å². The van der Waals surface area contributed by atoms with Gasteiger partial charge >= 0.3 is 5.97 Å². The number of esters is 1. The lowest BCUT2D eigenvalue weighted by atomic mass is 10.00. The highest BCUT2D eigenvalue weighted by Crippen LogP contribution is 2.41. The highest BCUT2D eigenvalue weighted by molar-refractivity contribution is 5.92. The number of hydrogen-bond donors (Lipinski definition) is 2. The van der Waals surface area contributed by atoms with E-state index in [4.69, 9.17) is 10.5 Å². The van der Waals surface area contributed by atoms with Gasteiger partial charge in [-0.1, -0.05) is 0 Å². The van der Waals surface area contributed by atoms with Crippen molar-refractivity contribution in [3.63, 3.8) is 0 Å². The summed E-state index contributed by atoms with van der Waals surface area (Å²) in [5.41, 5.74) is 8.06. The average Bonchev–Trinajstić information content (AvgIpc) is 3.00. The number of hydrogen-bond acceptors (Lipinski definition) is 5. The zero-order chi connectivity index (χ0) is 14.3. The normalized spacial score (nSPS) is 28.5. The summed E-state index contributed by atoms with van der Waals surface area (Å²) < 4.78 is 4.69. The number of nitrogens with zero attached hydrogens (tertiary/aromatic N) is 1. The summed E-state index contributed by atoms with van der Waals surface area (Å²) >= 11 is 0. The molecule has 3 atom stereocenters. The molecule has 3 unspecified atom stereocenters. The summed E-state index contributed by atoms with van der Waals surface area (Å²) in [5, 5.41) is 9.96. The first-order valence-corrected chi connectivity index (χ1v) is 7.01. The van der Waals surface area contributed by atoms with Crippen molar-refractivity contribution in [3.8, 4) is 0 Å². The van der Waals surface area contributed by atoms with E-state index in [2.05, 4.69) is 4.90 Å². The molecule has 0 radical (unpaired) electrons. The molecule has 1 aliphatic heterocycles. The van der Waals surface area contributed by atoms with E-state index in [1.165, 1.54) is 7.11 Å². The predicted molar refractivity (Wildman–Crippen MR) is 76.6 cm³/mol. The molecule has 1 aliphatic carbocycles. The summed E-state index contributed by atoms with van der Waals surface area (Å²) in [5.74, 6) is 0.538. The molecule has 0 amide bonds. The van der Waals surface area contributed by atoms with Crippen molar-refractivity contribution >= 4 is 17.3 Å². The monoisotopic (exact) mass is 276 g/mol. The van der Waals surface area contributed by atoms with Crippen molar-refractivity contribution in [1.29, 1.82) is 0 Å². The molecule has 5 heteroatoms. The number of rotatable bonds is 2. The van der Waals surface area contributed by atoms with Crippen LogP contribution in [0.3, 0.4) is 0 Å². The Morgan fingerprint density at radius 2 is 2.20 bits per heavy atom. The maximum absolute atomic E-state index is 11.5. The Kier molecular flexibility index (Phi) is 3.30. The van der Waals surface area contributed by atoms with Gasteiger partial charge < -0.3 is 20.5 Å². The maximum Gasteiger partial charge on any atom is 0.337 e. The van der Waals surface area contributed by atoms with Crippen LogP contribution in [-0.2, 0) is 4.74 Å². The van der Waals surface area contributed by atoms with Crippen molar-refractivity contribution < 1.29 is 14.6 Å².